The van der Waals surface area contributed by atoms with Crippen LogP contribution in [0, 0.1) is 5.92 Å². The quantitative estimate of drug-likeness (QED) is 0.765. The summed E-state index contributed by atoms with van der Waals surface area (Å²) < 4.78 is 26.0. The molecule has 1 aliphatic carbocycles. The first-order valence-electron chi connectivity index (χ1n) is 7.47. The molecule has 106 valence electrons. The summed E-state index contributed by atoms with van der Waals surface area (Å²) in [6, 6.07) is 0. The predicted octanol–water partition coefficient (Wildman–Crippen LogP) is 2.89. The third-order valence-corrected chi connectivity index (χ3v) is 4.32. The largest absolute Gasteiger partial charge is 0.315 e. The third kappa shape index (κ3) is 4.81. The average molecular weight is 260 g/mol. The zero-order chi connectivity index (χ0) is 12.8. The zero-order valence-corrected chi connectivity index (χ0v) is 11.3. The van der Waals surface area contributed by atoms with Crippen molar-refractivity contribution in [2.24, 2.45) is 5.92 Å². The Morgan fingerprint density at radius 3 is 2.39 bits per heavy atom. The maximum atomic E-state index is 13.0. The monoisotopic (exact) mass is 260 g/mol. The highest BCUT2D eigenvalue weighted by molar-refractivity contribution is 4.78. The molecule has 1 N–H and O–H groups in total. The van der Waals surface area contributed by atoms with Gasteiger partial charge in [-0.25, -0.2) is 8.78 Å². The molecule has 0 aromatic rings. The van der Waals surface area contributed by atoms with Crippen LogP contribution in [0.4, 0.5) is 8.78 Å². The molecule has 1 heterocycles. The molecule has 0 aromatic carbocycles. The van der Waals surface area contributed by atoms with Crippen LogP contribution < -0.4 is 5.32 Å². The van der Waals surface area contributed by atoms with Gasteiger partial charge in [0.2, 0.25) is 5.92 Å². The molecule has 0 unspecified atom stereocenters. The fourth-order valence-electron chi connectivity index (χ4n) is 3.03. The zero-order valence-electron chi connectivity index (χ0n) is 11.3. The second-order valence-corrected chi connectivity index (χ2v) is 5.91. The molecule has 0 bridgehead atoms. The van der Waals surface area contributed by atoms with Gasteiger partial charge in [-0.05, 0) is 51.2 Å². The molecule has 0 spiro atoms. The third-order valence-electron chi connectivity index (χ3n) is 4.32. The minimum Gasteiger partial charge on any atom is -0.315 e. The first kappa shape index (κ1) is 14.2. The molecule has 2 aliphatic rings. The van der Waals surface area contributed by atoms with E-state index < -0.39 is 5.92 Å². The Hall–Kier alpha value is -0.220. The van der Waals surface area contributed by atoms with Gasteiger partial charge in [0.15, 0.2) is 0 Å². The lowest BCUT2D eigenvalue weighted by molar-refractivity contribution is -0.0454. The van der Waals surface area contributed by atoms with Crippen molar-refractivity contribution < 1.29 is 8.78 Å². The van der Waals surface area contributed by atoms with E-state index in [4.69, 9.17) is 0 Å². The van der Waals surface area contributed by atoms with E-state index in [1.807, 2.05) is 0 Å². The summed E-state index contributed by atoms with van der Waals surface area (Å²) in [6.45, 7) is 5.51. The Labute approximate surface area is 109 Å². The van der Waals surface area contributed by atoms with Crippen molar-refractivity contribution in [2.45, 2.75) is 50.9 Å². The second kappa shape index (κ2) is 6.80. The van der Waals surface area contributed by atoms with E-state index in [9.17, 15) is 8.78 Å². The molecule has 1 saturated heterocycles. The van der Waals surface area contributed by atoms with Crippen LogP contribution in [0.15, 0.2) is 0 Å². The van der Waals surface area contributed by atoms with Crippen LogP contribution in [0.3, 0.4) is 0 Å². The minimum absolute atomic E-state index is 0.0888. The van der Waals surface area contributed by atoms with Gasteiger partial charge in [-0.1, -0.05) is 6.42 Å². The number of nitrogens with zero attached hydrogens (tertiary/aromatic N) is 1. The van der Waals surface area contributed by atoms with Crippen LogP contribution in [0.2, 0.25) is 0 Å². The van der Waals surface area contributed by atoms with Gasteiger partial charge in [-0.15, -0.1) is 0 Å². The topological polar surface area (TPSA) is 15.3 Å². The highest BCUT2D eigenvalue weighted by atomic mass is 19.3. The summed E-state index contributed by atoms with van der Waals surface area (Å²) in [5, 5.41) is 3.44. The lowest BCUT2D eigenvalue weighted by atomic mass is 9.87. The Balaban J connectivity index is 1.50. The maximum absolute atomic E-state index is 13.0. The molecular weight excluding hydrogens is 234 g/mol. The lowest BCUT2D eigenvalue weighted by Gasteiger charge is -2.29. The first-order chi connectivity index (χ1) is 8.66. The molecule has 1 saturated carbocycles. The normalized spacial score (nSPS) is 26.3. The number of hydrogen-bond donors (Lipinski definition) is 1. The Morgan fingerprint density at radius 1 is 1.06 bits per heavy atom. The number of alkyl halides is 2. The van der Waals surface area contributed by atoms with Gasteiger partial charge in [0.1, 0.15) is 0 Å². The average Bonchev–Trinajstić information content (AvgIpc) is 2.37. The van der Waals surface area contributed by atoms with Crippen molar-refractivity contribution in [3.63, 3.8) is 0 Å². The van der Waals surface area contributed by atoms with Crippen LogP contribution in [0.1, 0.15) is 44.9 Å². The van der Waals surface area contributed by atoms with Gasteiger partial charge in [0.25, 0.3) is 0 Å². The Morgan fingerprint density at radius 2 is 1.72 bits per heavy atom. The highest BCUT2D eigenvalue weighted by Gasteiger charge is 2.34. The molecule has 0 amide bonds. The van der Waals surface area contributed by atoms with Crippen LogP contribution in [0.5, 0.6) is 0 Å². The van der Waals surface area contributed by atoms with E-state index in [1.54, 1.807) is 0 Å². The second-order valence-electron chi connectivity index (χ2n) is 5.91. The van der Waals surface area contributed by atoms with E-state index in [2.05, 4.69) is 10.2 Å². The van der Waals surface area contributed by atoms with Crippen LogP contribution in [-0.2, 0) is 0 Å². The van der Waals surface area contributed by atoms with Gasteiger partial charge < -0.3 is 10.2 Å². The molecule has 4 heteroatoms. The number of piperidine rings is 1. The van der Waals surface area contributed by atoms with Crippen LogP contribution in [0.25, 0.3) is 0 Å². The van der Waals surface area contributed by atoms with E-state index in [1.165, 1.54) is 32.4 Å². The van der Waals surface area contributed by atoms with Crippen LogP contribution in [-0.4, -0.2) is 43.5 Å². The summed E-state index contributed by atoms with van der Waals surface area (Å²) in [4.78, 5) is 2.51. The highest BCUT2D eigenvalue weighted by Crippen LogP contribution is 2.35. The molecule has 0 aromatic heterocycles. The van der Waals surface area contributed by atoms with Crippen molar-refractivity contribution in [2.75, 3.05) is 32.7 Å². The van der Waals surface area contributed by atoms with Gasteiger partial charge in [-0.3, -0.25) is 0 Å². The molecule has 0 atom stereocenters. The molecule has 0 radical (unpaired) electrons. The molecular formula is C14H26F2N2. The van der Waals surface area contributed by atoms with Gasteiger partial charge >= 0.3 is 0 Å². The number of nitrogens with one attached hydrogen (secondary N) is 1. The molecule has 2 fully saturated rings. The van der Waals surface area contributed by atoms with Crippen molar-refractivity contribution in [1.82, 2.24) is 10.2 Å². The number of likely N-dealkylation sites (tertiary alicyclic amines) is 1. The van der Waals surface area contributed by atoms with Crippen molar-refractivity contribution >= 4 is 0 Å². The number of rotatable bonds is 5. The van der Waals surface area contributed by atoms with E-state index in [0.29, 0.717) is 18.8 Å². The number of hydrogen-bond acceptors (Lipinski definition) is 2. The minimum atomic E-state index is -2.38. The van der Waals surface area contributed by atoms with Gasteiger partial charge in [0.05, 0.1) is 0 Å². The fourth-order valence-corrected chi connectivity index (χ4v) is 3.03. The van der Waals surface area contributed by atoms with E-state index in [0.717, 1.165) is 19.6 Å². The fraction of sp³-hybridized carbons (Fsp3) is 1.00. The SMILES string of the molecule is FC1(F)CCC(CNCCN2CCCCC2)CC1. The Kier molecular flexibility index (Phi) is 5.37. The predicted molar refractivity (Wildman–Crippen MR) is 70.1 cm³/mol. The molecule has 2 nitrogen and oxygen atoms in total. The number of halogens is 2. The van der Waals surface area contributed by atoms with Crippen LogP contribution >= 0.6 is 0 Å². The molecule has 2 rings (SSSR count). The summed E-state index contributed by atoms with van der Waals surface area (Å²) in [7, 11) is 0. The summed E-state index contributed by atoms with van der Waals surface area (Å²) >= 11 is 0. The van der Waals surface area contributed by atoms with E-state index >= 15 is 0 Å². The van der Waals surface area contributed by atoms with E-state index in [-0.39, 0.29) is 12.8 Å². The molecule has 1 aliphatic heterocycles. The summed E-state index contributed by atoms with van der Waals surface area (Å²) in [5.74, 6) is -1.92. The lowest BCUT2D eigenvalue weighted by Crippen LogP contribution is -2.38. The Bertz CT molecular complexity index is 230. The summed E-state index contributed by atoms with van der Waals surface area (Å²) in [6.07, 6.45) is 5.58. The van der Waals surface area contributed by atoms with Crippen molar-refractivity contribution in [3.05, 3.63) is 0 Å². The standard InChI is InChI=1S/C14H26F2N2/c15-14(16)6-4-13(5-7-14)12-17-8-11-18-9-2-1-3-10-18/h13,17H,1-12H2. The maximum Gasteiger partial charge on any atom is 0.248 e. The summed E-state index contributed by atoms with van der Waals surface area (Å²) in [5.41, 5.74) is 0. The first-order valence-corrected chi connectivity index (χ1v) is 7.47. The smallest absolute Gasteiger partial charge is 0.248 e. The van der Waals surface area contributed by atoms with Gasteiger partial charge in [0, 0.05) is 25.9 Å². The molecule has 18 heavy (non-hydrogen) atoms. The van der Waals surface area contributed by atoms with Gasteiger partial charge in [-0.2, -0.15) is 0 Å². The van der Waals surface area contributed by atoms with Crippen molar-refractivity contribution in [3.8, 4) is 0 Å². The van der Waals surface area contributed by atoms with Crippen molar-refractivity contribution in [1.29, 1.82) is 0 Å².